The van der Waals surface area contributed by atoms with E-state index < -0.39 is 15.8 Å². The largest absolute Gasteiger partial charge is 0.384 e. The number of sulfone groups is 1. The van der Waals surface area contributed by atoms with Crippen molar-refractivity contribution >= 4 is 26.7 Å². The number of alkyl halides is 2. The molecule has 28 heavy (non-hydrogen) atoms. The van der Waals surface area contributed by atoms with E-state index in [-0.39, 0.29) is 52.7 Å². The van der Waals surface area contributed by atoms with Crippen LogP contribution in [0.2, 0.25) is 0 Å². The summed E-state index contributed by atoms with van der Waals surface area (Å²) >= 11 is 0. The number of fused-ring (bicyclic) bond motifs is 1. The monoisotopic (exact) mass is 406 g/mol. The molecule has 2 aromatic heterocycles. The number of hydrogen-bond acceptors (Lipinski definition) is 5. The maximum absolute atomic E-state index is 13.6. The van der Waals surface area contributed by atoms with E-state index in [2.05, 4.69) is 15.0 Å². The summed E-state index contributed by atoms with van der Waals surface area (Å²) in [5.74, 6) is -2.51. The number of nitrogens with zero attached hydrogens (tertiary/aromatic N) is 2. The molecule has 0 aliphatic heterocycles. The summed E-state index contributed by atoms with van der Waals surface area (Å²) in [6, 6.07) is 7.97. The first-order valence-corrected chi connectivity index (χ1v) is 10.5. The fourth-order valence-electron chi connectivity index (χ4n) is 3.80. The minimum Gasteiger partial charge on any atom is -0.384 e. The average Bonchev–Trinajstić information content (AvgIpc) is 2.98. The van der Waals surface area contributed by atoms with Gasteiger partial charge in [0.25, 0.3) is 0 Å². The van der Waals surface area contributed by atoms with E-state index in [1.807, 2.05) is 0 Å². The summed E-state index contributed by atoms with van der Waals surface area (Å²) in [7, 11) is -3.90. The second-order valence-electron chi connectivity index (χ2n) is 7.19. The van der Waals surface area contributed by atoms with E-state index in [0.29, 0.717) is 17.0 Å². The Bertz CT molecular complexity index is 1130. The molecule has 1 aromatic carbocycles. The van der Waals surface area contributed by atoms with Crippen LogP contribution in [-0.4, -0.2) is 29.3 Å². The van der Waals surface area contributed by atoms with Gasteiger partial charge in [-0.3, -0.25) is 0 Å². The number of H-pyrrole nitrogens is 1. The standard InChI is InChI=1S/C19H20F2N4O2S/c1-11-23-14(12-7-9-19(20,21)10-8-12)15-16(24-11)17(18(22)25-15)28(26,27)13-5-3-2-4-6-13/h2-6,12,25H,7-10,22H2,1H3. The van der Waals surface area contributed by atoms with Crippen LogP contribution < -0.4 is 5.73 Å². The summed E-state index contributed by atoms with van der Waals surface area (Å²) in [6.07, 6.45) is 0.123. The van der Waals surface area contributed by atoms with Crippen LogP contribution in [-0.2, 0) is 9.84 Å². The third-order valence-corrected chi connectivity index (χ3v) is 7.04. The van der Waals surface area contributed by atoms with E-state index in [1.54, 1.807) is 25.1 Å². The van der Waals surface area contributed by atoms with E-state index >= 15 is 0 Å². The van der Waals surface area contributed by atoms with Crippen molar-refractivity contribution in [3.8, 4) is 0 Å². The molecule has 3 aromatic rings. The van der Waals surface area contributed by atoms with Gasteiger partial charge in [-0.05, 0) is 31.9 Å². The lowest BCUT2D eigenvalue weighted by molar-refractivity contribution is -0.0384. The van der Waals surface area contributed by atoms with Crippen molar-refractivity contribution in [1.29, 1.82) is 0 Å². The SMILES string of the molecule is Cc1nc(C2CCC(F)(F)CC2)c2[nH]c(N)c(S(=O)(=O)c3ccccc3)c2n1. The van der Waals surface area contributed by atoms with Gasteiger partial charge in [0.15, 0.2) is 0 Å². The average molecular weight is 406 g/mol. The first-order chi connectivity index (χ1) is 13.2. The molecule has 1 aliphatic rings. The molecule has 148 valence electrons. The number of nitrogens with two attached hydrogens (primary N) is 1. The predicted octanol–water partition coefficient (Wildman–Crippen LogP) is 3.97. The zero-order valence-corrected chi connectivity index (χ0v) is 16.1. The molecule has 0 atom stereocenters. The Hall–Kier alpha value is -2.55. The van der Waals surface area contributed by atoms with Crippen LogP contribution >= 0.6 is 0 Å². The van der Waals surface area contributed by atoms with Gasteiger partial charge in [-0.2, -0.15) is 0 Å². The molecule has 0 amide bonds. The van der Waals surface area contributed by atoms with Crippen molar-refractivity contribution in [3.63, 3.8) is 0 Å². The second kappa shape index (κ2) is 6.51. The van der Waals surface area contributed by atoms with E-state index in [9.17, 15) is 17.2 Å². The molecule has 3 N–H and O–H groups in total. The zero-order valence-electron chi connectivity index (χ0n) is 15.2. The molecule has 9 heteroatoms. The lowest BCUT2D eigenvalue weighted by Crippen LogP contribution is -2.24. The van der Waals surface area contributed by atoms with Crippen LogP contribution in [0.15, 0.2) is 40.1 Å². The molecular formula is C19H20F2N4O2S. The first-order valence-electron chi connectivity index (χ1n) is 9.03. The summed E-state index contributed by atoms with van der Waals surface area (Å²) in [5.41, 5.74) is 7.22. The molecule has 1 fully saturated rings. The van der Waals surface area contributed by atoms with Gasteiger partial charge >= 0.3 is 0 Å². The number of nitrogens with one attached hydrogen (secondary N) is 1. The van der Waals surface area contributed by atoms with E-state index in [0.717, 1.165) is 0 Å². The fraction of sp³-hybridized carbons (Fsp3) is 0.368. The minimum atomic E-state index is -3.90. The molecule has 0 spiro atoms. The third kappa shape index (κ3) is 3.13. The summed E-state index contributed by atoms with van der Waals surface area (Å²) in [5, 5.41) is 0. The Morgan fingerprint density at radius 2 is 1.79 bits per heavy atom. The lowest BCUT2D eigenvalue weighted by Gasteiger charge is -2.28. The summed E-state index contributed by atoms with van der Waals surface area (Å²) in [4.78, 5) is 11.7. The summed E-state index contributed by atoms with van der Waals surface area (Å²) in [6.45, 7) is 1.66. The maximum Gasteiger partial charge on any atom is 0.248 e. The molecule has 1 aliphatic carbocycles. The number of halogens is 2. The highest BCUT2D eigenvalue weighted by atomic mass is 32.2. The molecule has 0 radical (unpaired) electrons. The zero-order chi connectivity index (χ0) is 20.1. The van der Waals surface area contributed by atoms with Crippen molar-refractivity contribution in [2.24, 2.45) is 0 Å². The smallest absolute Gasteiger partial charge is 0.248 e. The van der Waals surface area contributed by atoms with Crippen LogP contribution in [0, 0.1) is 6.92 Å². The third-order valence-electron chi connectivity index (χ3n) is 5.19. The van der Waals surface area contributed by atoms with Gasteiger partial charge < -0.3 is 10.7 Å². The molecule has 1 saturated carbocycles. The quantitative estimate of drug-likeness (QED) is 0.685. The highest BCUT2D eigenvalue weighted by molar-refractivity contribution is 7.92. The minimum absolute atomic E-state index is 0.0267. The number of aromatic amines is 1. The predicted molar refractivity (Wildman–Crippen MR) is 101 cm³/mol. The van der Waals surface area contributed by atoms with Crippen molar-refractivity contribution in [1.82, 2.24) is 15.0 Å². The number of rotatable bonds is 3. The van der Waals surface area contributed by atoms with Gasteiger partial charge in [0.05, 0.1) is 16.1 Å². The Balaban J connectivity index is 1.88. The van der Waals surface area contributed by atoms with Crippen molar-refractivity contribution < 1.29 is 17.2 Å². The highest BCUT2D eigenvalue weighted by Gasteiger charge is 2.37. The van der Waals surface area contributed by atoms with Crippen LogP contribution in [0.4, 0.5) is 14.6 Å². The number of benzene rings is 1. The van der Waals surface area contributed by atoms with Gasteiger partial charge in [0, 0.05) is 18.8 Å². The highest BCUT2D eigenvalue weighted by Crippen LogP contribution is 2.43. The normalized spacial score (nSPS) is 17.8. The Morgan fingerprint density at radius 3 is 2.43 bits per heavy atom. The van der Waals surface area contributed by atoms with Gasteiger partial charge in [-0.25, -0.2) is 27.2 Å². The topological polar surface area (TPSA) is 102 Å². The second-order valence-corrected chi connectivity index (χ2v) is 9.08. The number of nitrogen functional groups attached to an aromatic ring is 1. The van der Waals surface area contributed by atoms with E-state index in [1.165, 1.54) is 12.1 Å². The maximum atomic E-state index is 13.6. The van der Waals surface area contributed by atoms with Gasteiger partial charge in [0.1, 0.15) is 22.1 Å². The van der Waals surface area contributed by atoms with Crippen LogP contribution in [0.25, 0.3) is 11.0 Å². The fourth-order valence-corrected chi connectivity index (χ4v) is 5.29. The Labute approximate surface area is 161 Å². The van der Waals surface area contributed by atoms with Gasteiger partial charge in [0.2, 0.25) is 15.8 Å². The molecule has 0 unspecified atom stereocenters. The number of aromatic nitrogens is 3. The molecular weight excluding hydrogens is 386 g/mol. The van der Waals surface area contributed by atoms with Crippen LogP contribution in [0.1, 0.15) is 43.1 Å². The number of hydrogen-bond donors (Lipinski definition) is 2. The molecule has 2 heterocycles. The molecule has 4 rings (SSSR count). The molecule has 0 bridgehead atoms. The molecule has 6 nitrogen and oxygen atoms in total. The van der Waals surface area contributed by atoms with Gasteiger partial charge in [-0.1, -0.05) is 18.2 Å². The van der Waals surface area contributed by atoms with Crippen LogP contribution in [0.5, 0.6) is 0 Å². The van der Waals surface area contributed by atoms with Crippen molar-refractivity contribution in [2.75, 3.05) is 5.73 Å². The van der Waals surface area contributed by atoms with Crippen molar-refractivity contribution in [2.45, 2.75) is 54.2 Å². The van der Waals surface area contributed by atoms with E-state index in [4.69, 9.17) is 5.73 Å². The van der Waals surface area contributed by atoms with Crippen LogP contribution in [0.3, 0.4) is 0 Å². The Kier molecular flexibility index (Phi) is 4.37. The first kappa shape index (κ1) is 18.8. The molecule has 0 saturated heterocycles. The van der Waals surface area contributed by atoms with Crippen molar-refractivity contribution in [3.05, 3.63) is 41.9 Å². The lowest BCUT2D eigenvalue weighted by atomic mass is 9.84. The number of aryl methyl sites for hydroxylation is 1. The summed E-state index contributed by atoms with van der Waals surface area (Å²) < 4.78 is 53.4. The van der Waals surface area contributed by atoms with Gasteiger partial charge in [-0.15, -0.1) is 0 Å². The Morgan fingerprint density at radius 1 is 1.14 bits per heavy atom. The number of anilines is 1.